The summed E-state index contributed by atoms with van der Waals surface area (Å²) in [7, 11) is 0. The maximum atomic E-state index is 10.9. The van der Waals surface area contributed by atoms with Crippen molar-refractivity contribution in [2.45, 2.75) is 13.3 Å². The van der Waals surface area contributed by atoms with E-state index in [2.05, 4.69) is 0 Å². The molecule has 1 aliphatic rings. The molecule has 0 aromatic carbocycles. The summed E-state index contributed by atoms with van der Waals surface area (Å²) in [6.07, 6.45) is 2.88. The van der Waals surface area contributed by atoms with Crippen molar-refractivity contribution in [3.63, 3.8) is 0 Å². The highest BCUT2D eigenvalue weighted by molar-refractivity contribution is 5.91. The van der Waals surface area contributed by atoms with Gasteiger partial charge in [0.15, 0.2) is 0 Å². The number of ether oxygens (including phenoxy) is 2. The second-order valence-electron chi connectivity index (χ2n) is 3.02. The number of hydrogen-bond acceptors (Lipinski definition) is 4. The highest BCUT2D eigenvalue weighted by atomic mass is 16.5. The van der Waals surface area contributed by atoms with Crippen LogP contribution in [0.3, 0.4) is 0 Å². The quantitative estimate of drug-likeness (QED) is 0.519. The number of carbonyl (C=O) groups is 2. The second-order valence-corrected chi connectivity index (χ2v) is 3.02. The molecule has 0 fully saturated rings. The van der Waals surface area contributed by atoms with Crippen LogP contribution in [0, 0.1) is 5.92 Å². The maximum Gasteiger partial charge on any atom is 0.331 e. The van der Waals surface area contributed by atoms with Gasteiger partial charge < -0.3 is 9.47 Å². The number of carbonyl (C=O) groups excluding carboxylic acids is 2. The molecule has 0 saturated heterocycles. The van der Waals surface area contributed by atoms with Crippen molar-refractivity contribution in [2.75, 3.05) is 13.2 Å². The molecular formula is C9H12O4. The van der Waals surface area contributed by atoms with Gasteiger partial charge in [0.05, 0.1) is 13.2 Å². The molecule has 0 bridgehead atoms. The van der Waals surface area contributed by atoms with E-state index >= 15 is 0 Å². The highest BCUT2D eigenvalue weighted by Gasteiger charge is 2.09. The first-order valence-corrected chi connectivity index (χ1v) is 4.20. The minimum absolute atomic E-state index is 0.225. The number of rotatable bonds is 0. The maximum absolute atomic E-state index is 10.9. The Morgan fingerprint density at radius 3 is 2.54 bits per heavy atom. The molecule has 1 heterocycles. The lowest BCUT2D eigenvalue weighted by atomic mass is 10.1. The van der Waals surface area contributed by atoms with Gasteiger partial charge in [0.25, 0.3) is 0 Å². The summed E-state index contributed by atoms with van der Waals surface area (Å²) in [5, 5.41) is 0. The first-order chi connectivity index (χ1) is 6.18. The third-order valence-corrected chi connectivity index (χ3v) is 1.72. The smallest absolute Gasteiger partial charge is 0.331 e. The van der Waals surface area contributed by atoms with Gasteiger partial charge in [0.1, 0.15) is 0 Å². The zero-order valence-electron chi connectivity index (χ0n) is 7.49. The Hall–Kier alpha value is -1.32. The van der Waals surface area contributed by atoms with E-state index in [1.807, 2.05) is 6.92 Å². The van der Waals surface area contributed by atoms with Gasteiger partial charge >= 0.3 is 11.9 Å². The Balaban J connectivity index is 2.56. The van der Waals surface area contributed by atoms with E-state index in [9.17, 15) is 9.59 Å². The van der Waals surface area contributed by atoms with Gasteiger partial charge in [-0.25, -0.2) is 9.59 Å². The van der Waals surface area contributed by atoms with Gasteiger partial charge in [-0.2, -0.15) is 0 Å². The topological polar surface area (TPSA) is 52.6 Å². The fourth-order valence-electron chi connectivity index (χ4n) is 0.901. The molecule has 0 saturated carbocycles. The standard InChI is InChI=1S/C9H12O4/c1-7-4-5-12-8(10)2-3-9(11)13-6-7/h2-3,7H,4-6H2,1H3. The molecule has 4 nitrogen and oxygen atoms in total. The molecule has 0 N–H and O–H groups in total. The number of hydrogen-bond donors (Lipinski definition) is 0. The van der Waals surface area contributed by atoms with Crippen LogP contribution in [0.2, 0.25) is 0 Å². The molecule has 1 atom stereocenters. The number of esters is 2. The van der Waals surface area contributed by atoms with Gasteiger partial charge in [-0.3, -0.25) is 0 Å². The Labute approximate surface area is 76.5 Å². The first-order valence-electron chi connectivity index (χ1n) is 4.20. The largest absolute Gasteiger partial charge is 0.463 e. The van der Waals surface area contributed by atoms with Gasteiger partial charge in [-0.15, -0.1) is 0 Å². The summed E-state index contributed by atoms with van der Waals surface area (Å²) in [6, 6.07) is 0. The Kier molecular flexibility index (Phi) is 3.49. The van der Waals surface area contributed by atoms with Crippen molar-refractivity contribution < 1.29 is 19.1 Å². The lowest BCUT2D eigenvalue weighted by Crippen LogP contribution is -2.15. The van der Waals surface area contributed by atoms with E-state index in [-0.39, 0.29) is 5.92 Å². The van der Waals surface area contributed by atoms with Gasteiger partial charge in [-0.1, -0.05) is 6.92 Å². The fraction of sp³-hybridized carbons (Fsp3) is 0.556. The summed E-state index contributed by atoms with van der Waals surface area (Å²) in [5.74, 6) is -0.764. The van der Waals surface area contributed by atoms with Crippen LogP contribution in [0.5, 0.6) is 0 Å². The number of cyclic esters (lactones) is 2. The van der Waals surface area contributed by atoms with Crippen molar-refractivity contribution in [3.05, 3.63) is 12.2 Å². The summed E-state index contributed by atoms with van der Waals surface area (Å²) in [5.41, 5.74) is 0. The molecule has 1 unspecified atom stereocenters. The van der Waals surface area contributed by atoms with Crippen LogP contribution in [-0.2, 0) is 19.1 Å². The van der Waals surface area contributed by atoms with Crippen LogP contribution in [0.4, 0.5) is 0 Å². The molecule has 1 rings (SSSR count). The second kappa shape index (κ2) is 4.64. The average molecular weight is 184 g/mol. The van der Waals surface area contributed by atoms with Crippen LogP contribution >= 0.6 is 0 Å². The van der Waals surface area contributed by atoms with Crippen molar-refractivity contribution in [2.24, 2.45) is 5.92 Å². The molecule has 72 valence electrons. The van der Waals surface area contributed by atoms with Crippen LogP contribution in [-0.4, -0.2) is 25.2 Å². The monoisotopic (exact) mass is 184 g/mol. The normalized spacial score (nSPS) is 24.8. The highest BCUT2D eigenvalue weighted by Crippen LogP contribution is 2.04. The zero-order chi connectivity index (χ0) is 9.68. The molecule has 1 aliphatic heterocycles. The average Bonchev–Trinajstić information content (AvgIpc) is 2.10. The Morgan fingerprint density at radius 1 is 1.23 bits per heavy atom. The summed E-state index contributed by atoms with van der Waals surface area (Å²) in [6.45, 7) is 2.69. The van der Waals surface area contributed by atoms with Gasteiger partial charge in [-0.05, 0) is 12.3 Å². The Bertz CT molecular complexity index is 232. The summed E-state index contributed by atoms with van der Waals surface area (Å²) in [4.78, 5) is 21.7. The van der Waals surface area contributed by atoms with E-state index in [0.717, 1.165) is 12.2 Å². The Morgan fingerprint density at radius 2 is 1.85 bits per heavy atom. The van der Waals surface area contributed by atoms with E-state index in [4.69, 9.17) is 9.47 Å². The molecule has 4 heteroatoms. The van der Waals surface area contributed by atoms with Crippen molar-refractivity contribution in [1.29, 1.82) is 0 Å². The van der Waals surface area contributed by atoms with Gasteiger partial charge in [0.2, 0.25) is 0 Å². The molecule has 0 aromatic heterocycles. The minimum atomic E-state index is -0.495. The van der Waals surface area contributed by atoms with Crippen LogP contribution < -0.4 is 0 Å². The van der Waals surface area contributed by atoms with E-state index < -0.39 is 11.9 Å². The molecule has 13 heavy (non-hydrogen) atoms. The van der Waals surface area contributed by atoms with Crippen molar-refractivity contribution >= 4 is 11.9 Å². The molecule has 0 aromatic rings. The predicted octanol–water partition coefficient (Wildman–Crippen LogP) is 0.669. The van der Waals surface area contributed by atoms with Crippen molar-refractivity contribution in [1.82, 2.24) is 0 Å². The molecule has 0 spiro atoms. The third kappa shape index (κ3) is 3.73. The van der Waals surface area contributed by atoms with E-state index in [0.29, 0.717) is 19.6 Å². The summed E-state index contributed by atoms with van der Waals surface area (Å²) >= 11 is 0. The lowest BCUT2D eigenvalue weighted by Gasteiger charge is -2.12. The minimum Gasteiger partial charge on any atom is -0.463 e. The summed E-state index contributed by atoms with van der Waals surface area (Å²) < 4.78 is 9.65. The van der Waals surface area contributed by atoms with Crippen LogP contribution in [0.1, 0.15) is 13.3 Å². The van der Waals surface area contributed by atoms with Crippen LogP contribution in [0.25, 0.3) is 0 Å². The predicted molar refractivity (Wildman–Crippen MR) is 44.8 cm³/mol. The van der Waals surface area contributed by atoms with Crippen molar-refractivity contribution in [3.8, 4) is 0 Å². The van der Waals surface area contributed by atoms with Gasteiger partial charge in [0, 0.05) is 12.2 Å². The molecular weight excluding hydrogens is 172 g/mol. The lowest BCUT2D eigenvalue weighted by molar-refractivity contribution is -0.143. The first kappa shape index (κ1) is 9.77. The fourth-order valence-corrected chi connectivity index (χ4v) is 0.901. The SMILES string of the molecule is CC1CCOC(=O)C=CC(=O)OC1. The zero-order valence-corrected chi connectivity index (χ0v) is 7.49. The molecule has 0 amide bonds. The molecule has 0 radical (unpaired) electrons. The van der Waals surface area contributed by atoms with Crippen LogP contribution in [0.15, 0.2) is 12.2 Å². The van der Waals surface area contributed by atoms with E-state index in [1.165, 1.54) is 0 Å². The van der Waals surface area contributed by atoms with E-state index in [1.54, 1.807) is 0 Å². The molecule has 0 aliphatic carbocycles. The third-order valence-electron chi connectivity index (χ3n) is 1.72.